The van der Waals surface area contributed by atoms with Crippen LogP contribution in [0.4, 0.5) is 14.5 Å². The number of amides is 1. The molecule has 160 valence electrons. The molecule has 0 spiro atoms. The Morgan fingerprint density at radius 2 is 1.83 bits per heavy atom. The van der Waals surface area contributed by atoms with E-state index in [1.807, 2.05) is 18.2 Å². The van der Waals surface area contributed by atoms with Gasteiger partial charge in [-0.3, -0.25) is 14.6 Å². The van der Waals surface area contributed by atoms with Gasteiger partial charge in [0.05, 0.1) is 17.8 Å². The highest BCUT2D eigenvalue weighted by molar-refractivity contribution is 5.95. The number of rotatable bonds is 5. The first kappa shape index (κ1) is 20.9. The number of halogens is 2. The van der Waals surface area contributed by atoms with Crippen molar-refractivity contribution >= 4 is 11.6 Å². The molecule has 5 nitrogen and oxygen atoms in total. The second kappa shape index (κ2) is 9.20. The summed E-state index contributed by atoms with van der Waals surface area (Å²) >= 11 is 0. The number of anilines is 1. The van der Waals surface area contributed by atoms with Crippen LogP contribution < -0.4 is 5.32 Å². The molecule has 7 heteroatoms. The average molecular weight is 415 g/mol. The average Bonchev–Trinajstić information content (AvgIpc) is 3.13. The molecule has 30 heavy (non-hydrogen) atoms. The SMILES string of the molecule is O=C(Nc1ccc(F)cc1F)[C@@H]1C[C@@H](O)CN1C1CCN(Cc2ccccc2)CC1. The summed E-state index contributed by atoms with van der Waals surface area (Å²) < 4.78 is 27.0. The predicted octanol–water partition coefficient (Wildman–Crippen LogP) is 3.00. The topological polar surface area (TPSA) is 55.8 Å². The molecule has 1 amide bonds. The summed E-state index contributed by atoms with van der Waals surface area (Å²) in [5, 5.41) is 12.8. The molecular formula is C23H27F2N3O2. The number of β-amino-alcohol motifs (C(OH)–C–C–N with tert-alkyl or cyclic N) is 1. The molecule has 4 rings (SSSR count). The van der Waals surface area contributed by atoms with Crippen LogP contribution in [0.2, 0.25) is 0 Å². The van der Waals surface area contributed by atoms with Gasteiger partial charge in [0.25, 0.3) is 0 Å². The third-order valence-electron chi connectivity index (χ3n) is 6.08. The zero-order valence-electron chi connectivity index (χ0n) is 16.8. The number of hydrogen-bond acceptors (Lipinski definition) is 4. The van der Waals surface area contributed by atoms with Crippen molar-refractivity contribution in [1.29, 1.82) is 0 Å². The Labute approximate surface area is 175 Å². The molecule has 0 saturated carbocycles. The number of nitrogens with one attached hydrogen (secondary N) is 1. The summed E-state index contributed by atoms with van der Waals surface area (Å²) in [6.45, 7) is 3.19. The Morgan fingerprint density at radius 1 is 1.10 bits per heavy atom. The Hall–Kier alpha value is -2.35. The molecule has 2 atom stereocenters. The van der Waals surface area contributed by atoms with Gasteiger partial charge in [-0.25, -0.2) is 8.78 Å². The van der Waals surface area contributed by atoms with Crippen molar-refractivity contribution in [3.8, 4) is 0 Å². The van der Waals surface area contributed by atoms with Crippen molar-refractivity contribution in [3.05, 3.63) is 65.7 Å². The maximum absolute atomic E-state index is 13.9. The van der Waals surface area contributed by atoms with E-state index < -0.39 is 23.8 Å². The standard InChI is InChI=1S/C23H27F2N3O2/c24-17-6-7-21(20(25)12-17)26-23(30)22-13-19(29)15-28(22)18-8-10-27(11-9-18)14-16-4-2-1-3-5-16/h1-7,12,18-19,22,29H,8-11,13-15H2,(H,26,30)/t19-,22+/m1/s1. The van der Waals surface area contributed by atoms with E-state index in [-0.39, 0.29) is 17.6 Å². The monoisotopic (exact) mass is 415 g/mol. The second-order valence-corrected chi connectivity index (χ2v) is 8.21. The van der Waals surface area contributed by atoms with E-state index in [1.54, 1.807) is 0 Å². The summed E-state index contributed by atoms with van der Waals surface area (Å²) in [6, 6.07) is 13.1. The molecule has 2 fully saturated rings. The maximum atomic E-state index is 13.9. The lowest BCUT2D eigenvalue weighted by Crippen LogP contribution is -2.50. The van der Waals surface area contributed by atoms with E-state index in [1.165, 1.54) is 11.6 Å². The van der Waals surface area contributed by atoms with Gasteiger partial charge in [-0.1, -0.05) is 30.3 Å². The van der Waals surface area contributed by atoms with E-state index in [0.29, 0.717) is 13.0 Å². The summed E-state index contributed by atoms with van der Waals surface area (Å²) in [5.74, 6) is -1.85. The molecule has 0 aliphatic carbocycles. The van der Waals surface area contributed by atoms with E-state index in [9.17, 15) is 18.7 Å². The summed E-state index contributed by atoms with van der Waals surface area (Å²) in [4.78, 5) is 17.3. The highest BCUT2D eigenvalue weighted by atomic mass is 19.1. The summed E-state index contributed by atoms with van der Waals surface area (Å²) in [7, 11) is 0. The first-order valence-corrected chi connectivity index (χ1v) is 10.5. The van der Waals surface area contributed by atoms with Crippen LogP contribution >= 0.6 is 0 Å². The minimum atomic E-state index is -0.803. The maximum Gasteiger partial charge on any atom is 0.241 e. The van der Waals surface area contributed by atoms with Crippen LogP contribution in [0.3, 0.4) is 0 Å². The Morgan fingerprint density at radius 3 is 2.53 bits per heavy atom. The number of hydrogen-bond donors (Lipinski definition) is 2. The van der Waals surface area contributed by atoms with Crippen molar-refractivity contribution in [2.75, 3.05) is 25.0 Å². The molecule has 2 aliphatic heterocycles. The van der Waals surface area contributed by atoms with E-state index >= 15 is 0 Å². The van der Waals surface area contributed by atoms with Crippen LogP contribution in [-0.4, -0.2) is 58.6 Å². The minimum Gasteiger partial charge on any atom is -0.392 e. The lowest BCUT2D eigenvalue weighted by molar-refractivity contribution is -0.121. The first-order valence-electron chi connectivity index (χ1n) is 10.5. The van der Waals surface area contributed by atoms with Crippen LogP contribution in [0.5, 0.6) is 0 Å². The fourth-order valence-corrected chi connectivity index (χ4v) is 4.56. The van der Waals surface area contributed by atoms with E-state index in [4.69, 9.17) is 0 Å². The molecule has 0 unspecified atom stereocenters. The van der Waals surface area contributed by atoms with Gasteiger partial charge in [-0.15, -0.1) is 0 Å². The van der Waals surface area contributed by atoms with Crippen molar-refractivity contribution < 1.29 is 18.7 Å². The van der Waals surface area contributed by atoms with Crippen molar-refractivity contribution in [2.24, 2.45) is 0 Å². The van der Waals surface area contributed by atoms with Gasteiger partial charge >= 0.3 is 0 Å². The largest absolute Gasteiger partial charge is 0.392 e. The van der Waals surface area contributed by atoms with Crippen LogP contribution in [0.15, 0.2) is 48.5 Å². The van der Waals surface area contributed by atoms with Crippen LogP contribution in [0.1, 0.15) is 24.8 Å². The normalized spacial score (nSPS) is 23.6. The number of aliphatic hydroxyl groups is 1. The highest BCUT2D eigenvalue weighted by Gasteiger charge is 2.40. The number of aliphatic hydroxyl groups excluding tert-OH is 1. The van der Waals surface area contributed by atoms with Gasteiger partial charge < -0.3 is 10.4 Å². The van der Waals surface area contributed by atoms with Crippen molar-refractivity contribution in [2.45, 2.75) is 44.0 Å². The predicted molar refractivity (Wildman–Crippen MR) is 111 cm³/mol. The molecule has 2 heterocycles. The van der Waals surface area contributed by atoms with Gasteiger partial charge in [-0.2, -0.15) is 0 Å². The first-order chi connectivity index (χ1) is 14.5. The van der Waals surface area contributed by atoms with Crippen LogP contribution in [0, 0.1) is 11.6 Å². The fraction of sp³-hybridized carbons (Fsp3) is 0.435. The third-order valence-corrected chi connectivity index (χ3v) is 6.08. The third kappa shape index (κ3) is 4.86. The molecule has 0 radical (unpaired) electrons. The van der Waals surface area contributed by atoms with E-state index in [2.05, 4.69) is 27.2 Å². The summed E-state index contributed by atoms with van der Waals surface area (Å²) in [6.07, 6.45) is 1.56. The van der Waals surface area contributed by atoms with Crippen molar-refractivity contribution in [1.82, 2.24) is 9.80 Å². The van der Waals surface area contributed by atoms with Crippen molar-refractivity contribution in [3.63, 3.8) is 0 Å². The van der Waals surface area contributed by atoms with E-state index in [0.717, 1.165) is 44.6 Å². The van der Waals surface area contributed by atoms with Gasteiger partial charge in [-0.05, 0) is 50.0 Å². The molecule has 2 aromatic carbocycles. The van der Waals surface area contributed by atoms with Crippen LogP contribution in [-0.2, 0) is 11.3 Å². The number of likely N-dealkylation sites (tertiary alicyclic amines) is 2. The minimum absolute atomic E-state index is 0.0413. The molecule has 2 N–H and O–H groups in total. The number of carbonyl (C=O) groups excluding carboxylic acids is 1. The molecule has 2 aromatic rings. The van der Waals surface area contributed by atoms with Gasteiger partial charge in [0.2, 0.25) is 5.91 Å². The number of piperidine rings is 1. The highest BCUT2D eigenvalue weighted by Crippen LogP contribution is 2.28. The zero-order valence-corrected chi connectivity index (χ0v) is 16.8. The Bertz CT molecular complexity index is 872. The second-order valence-electron chi connectivity index (χ2n) is 8.21. The number of nitrogens with zero attached hydrogens (tertiary/aromatic N) is 2. The van der Waals surface area contributed by atoms with Gasteiger partial charge in [0, 0.05) is 25.2 Å². The molecule has 2 saturated heterocycles. The Balaban J connectivity index is 1.36. The molecule has 0 aromatic heterocycles. The lowest BCUT2D eigenvalue weighted by Gasteiger charge is -2.38. The number of carbonyl (C=O) groups is 1. The molecular weight excluding hydrogens is 388 g/mol. The Kier molecular flexibility index (Phi) is 6.41. The zero-order chi connectivity index (χ0) is 21.1. The summed E-state index contributed by atoms with van der Waals surface area (Å²) in [5.41, 5.74) is 1.24. The molecule has 0 bridgehead atoms. The fourth-order valence-electron chi connectivity index (χ4n) is 4.56. The number of benzene rings is 2. The molecule has 2 aliphatic rings. The smallest absolute Gasteiger partial charge is 0.241 e. The lowest BCUT2D eigenvalue weighted by atomic mass is 10.0. The quantitative estimate of drug-likeness (QED) is 0.788. The van der Waals surface area contributed by atoms with Gasteiger partial charge in [0.1, 0.15) is 11.6 Å². The van der Waals surface area contributed by atoms with Crippen LogP contribution in [0.25, 0.3) is 0 Å². The van der Waals surface area contributed by atoms with Gasteiger partial charge in [0.15, 0.2) is 0 Å².